The van der Waals surface area contributed by atoms with E-state index in [0.717, 1.165) is 42.3 Å². The molecule has 5 nitrogen and oxygen atoms in total. The maximum atomic E-state index is 13.0. The predicted octanol–water partition coefficient (Wildman–Crippen LogP) is 5.11. The predicted molar refractivity (Wildman–Crippen MR) is 110 cm³/mol. The molecule has 0 bridgehead atoms. The van der Waals surface area contributed by atoms with Crippen LogP contribution in [0.15, 0.2) is 42.5 Å². The molecule has 0 spiro atoms. The van der Waals surface area contributed by atoms with E-state index in [-0.39, 0.29) is 11.3 Å². The highest BCUT2D eigenvalue weighted by Crippen LogP contribution is 2.35. The van der Waals surface area contributed by atoms with Gasteiger partial charge in [0, 0.05) is 16.6 Å². The number of H-pyrrole nitrogens is 1. The number of para-hydroxylation sites is 1. The number of fused-ring (bicyclic) bond motifs is 3. The number of hydrogen-bond acceptors (Lipinski definition) is 3. The largest absolute Gasteiger partial charge is 0.452 e. The third-order valence-electron chi connectivity index (χ3n) is 5.51. The molecule has 0 saturated heterocycles. The normalized spacial score (nSPS) is 16.1. The average molecular weight is 430 g/mol. The summed E-state index contributed by atoms with van der Waals surface area (Å²) in [5.74, 6) is -0.996. The minimum atomic E-state index is -4.61. The number of esters is 1. The molecule has 1 atom stereocenters. The molecule has 0 radical (unpaired) electrons. The number of nitrogens with one attached hydrogen (secondary N) is 2. The molecule has 0 fully saturated rings. The summed E-state index contributed by atoms with van der Waals surface area (Å²) in [6.07, 6.45) is -1.61. The van der Waals surface area contributed by atoms with Crippen LogP contribution in [0, 0.1) is 5.92 Å². The lowest BCUT2D eigenvalue weighted by molar-refractivity contribution is -0.137. The second-order valence-electron chi connectivity index (χ2n) is 7.86. The van der Waals surface area contributed by atoms with Crippen LogP contribution in [0.1, 0.15) is 40.5 Å². The van der Waals surface area contributed by atoms with Gasteiger partial charge < -0.3 is 15.0 Å². The van der Waals surface area contributed by atoms with Crippen molar-refractivity contribution in [3.8, 4) is 0 Å². The summed E-state index contributed by atoms with van der Waals surface area (Å²) in [6.45, 7) is 1.50. The Labute approximate surface area is 176 Å². The molecular formula is C23H21F3N2O3. The van der Waals surface area contributed by atoms with Crippen LogP contribution in [0.4, 0.5) is 18.9 Å². The van der Waals surface area contributed by atoms with E-state index in [4.69, 9.17) is 4.74 Å². The number of alkyl halides is 3. The first-order valence-corrected chi connectivity index (χ1v) is 9.99. The molecule has 1 aliphatic rings. The molecule has 8 heteroatoms. The molecular weight excluding hydrogens is 409 g/mol. The van der Waals surface area contributed by atoms with Crippen molar-refractivity contribution in [3.05, 3.63) is 64.8 Å². The van der Waals surface area contributed by atoms with Crippen LogP contribution in [0.3, 0.4) is 0 Å². The summed E-state index contributed by atoms with van der Waals surface area (Å²) in [5.41, 5.74) is 2.26. The number of ether oxygens (including phenoxy) is 1. The Morgan fingerprint density at radius 2 is 1.97 bits per heavy atom. The maximum absolute atomic E-state index is 13.0. The van der Waals surface area contributed by atoms with Crippen LogP contribution in [0.25, 0.3) is 10.9 Å². The number of aromatic nitrogens is 1. The SMILES string of the molecule is CC1CCc2[nH]c3ccc(C(=O)OCC(=O)Nc4ccccc4C(F)(F)F)cc3c2C1. The Kier molecular flexibility index (Phi) is 5.47. The Balaban J connectivity index is 1.44. The lowest BCUT2D eigenvalue weighted by Gasteiger charge is -2.18. The van der Waals surface area contributed by atoms with E-state index in [1.807, 2.05) is 0 Å². The van der Waals surface area contributed by atoms with E-state index in [0.29, 0.717) is 5.92 Å². The fraction of sp³-hybridized carbons (Fsp3) is 0.304. The maximum Gasteiger partial charge on any atom is 0.418 e. The van der Waals surface area contributed by atoms with Crippen LogP contribution in [-0.2, 0) is 28.5 Å². The lowest BCUT2D eigenvalue weighted by atomic mass is 9.87. The van der Waals surface area contributed by atoms with E-state index >= 15 is 0 Å². The third kappa shape index (κ3) is 4.42. The van der Waals surface area contributed by atoms with Crippen LogP contribution in [-0.4, -0.2) is 23.5 Å². The number of aromatic amines is 1. The Hall–Kier alpha value is -3.29. The van der Waals surface area contributed by atoms with Crippen LogP contribution in [0.5, 0.6) is 0 Å². The topological polar surface area (TPSA) is 71.2 Å². The summed E-state index contributed by atoms with van der Waals surface area (Å²) >= 11 is 0. The lowest BCUT2D eigenvalue weighted by Crippen LogP contribution is -2.22. The minimum absolute atomic E-state index is 0.288. The van der Waals surface area contributed by atoms with Crippen LogP contribution >= 0.6 is 0 Å². The molecule has 162 valence electrons. The second-order valence-corrected chi connectivity index (χ2v) is 7.86. The van der Waals surface area contributed by atoms with Crippen molar-refractivity contribution >= 4 is 28.5 Å². The molecule has 1 aromatic heterocycles. The number of anilines is 1. The van der Waals surface area contributed by atoms with Crippen molar-refractivity contribution < 1.29 is 27.5 Å². The number of amides is 1. The number of halogens is 3. The van der Waals surface area contributed by atoms with Crippen molar-refractivity contribution in [2.24, 2.45) is 5.92 Å². The summed E-state index contributed by atoms with van der Waals surface area (Å²) in [6, 6.07) is 9.77. The number of rotatable bonds is 4. The van der Waals surface area contributed by atoms with Crippen LogP contribution in [0.2, 0.25) is 0 Å². The van der Waals surface area contributed by atoms with Crippen molar-refractivity contribution in [2.75, 3.05) is 11.9 Å². The van der Waals surface area contributed by atoms with Gasteiger partial charge in [0.25, 0.3) is 5.91 Å². The van der Waals surface area contributed by atoms with Gasteiger partial charge in [-0.05, 0) is 61.1 Å². The van der Waals surface area contributed by atoms with E-state index in [9.17, 15) is 22.8 Å². The third-order valence-corrected chi connectivity index (χ3v) is 5.51. The zero-order valence-corrected chi connectivity index (χ0v) is 16.8. The summed E-state index contributed by atoms with van der Waals surface area (Å²) in [4.78, 5) is 27.9. The van der Waals surface area contributed by atoms with Gasteiger partial charge in [-0.3, -0.25) is 4.79 Å². The van der Waals surface area contributed by atoms with Crippen molar-refractivity contribution in [1.82, 2.24) is 4.98 Å². The van der Waals surface area contributed by atoms with Crippen molar-refractivity contribution in [1.29, 1.82) is 0 Å². The fourth-order valence-electron chi connectivity index (χ4n) is 3.96. The molecule has 2 N–H and O–H groups in total. The molecule has 3 aromatic rings. The first-order chi connectivity index (χ1) is 14.7. The molecule has 1 heterocycles. The first kappa shape index (κ1) is 21.0. The van der Waals surface area contributed by atoms with E-state index < -0.39 is 30.2 Å². The second kappa shape index (κ2) is 8.09. The first-order valence-electron chi connectivity index (χ1n) is 9.99. The molecule has 1 amide bonds. The Bertz CT molecular complexity index is 1150. The zero-order chi connectivity index (χ0) is 22.2. The summed E-state index contributed by atoms with van der Waals surface area (Å²) in [7, 11) is 0. The van der Waals surface area contributed by atoms with E-state index in [2.05, 4.69) is 17.2 Å². The molecule has 31 heavy (non-hydrogen) atoms. The highest BCUT2D eigenvalue weighted by molar-refractivity contribution is 5.98. The van der Waals surface area contributed by atoms with Gasteiger partial charge in [0.15, 0.2) is 6.61 Å². The summed E-state index contributed by atoms with van der Waals surface area (Å²) in [5, 5.41) is 3.11. The van der Waals surface area contributed by atoms with Gasteiger partial charge in [0.2, 0.25) is 0 Å². The molecule has 1 aliphatic carbocycles. The molecule has 0 aliphatic heterocycles. The van der Waals surface area contributed by atoms with Gasteiger partial charge in [-0.15, -0.1) is 0 Å². The zero-order valence-electron chi connectivity index (χ0n) is 16.8. The molecule has 4 rings (SSSR count). The van der Waals surface area contributed by atoms with Gasteiger partial charge in [-0.2, -0.15) is 13.2 Å². The molecule has 2 aromatic carbocycles. The standard InChI is InChI=1S/C23H21F3N2O3/c1-13-6-8-18-15(10-13)16-11-14(7-9-19(16)27-18)22(30)31-12-21(29)28-20-5-3-2-4-17(20)23(24,25)26/h2-5,7,9,11,13,27H,6,8,10,12H2,1H3,(H,28,29). The number of carbonyl (C=O) groups is 2. The highest BCUT2D eigenvalue weighted by Gasteiger charge is 2.33. The quantitative estimate of drug-likeness (QED) is 0.566. The van der Waals surface area contributed by atoms with Crippen molar-refractivity contribution in [3.63, 3.8) is 0 Å². The van der Waals surface area contributed by atoms with E-state index in [1.165, 1.54) is 23.4 Å². The minimum Gasteiger partial charge on any atom is -0.452 e. The van der Waals surface area contributed by atoms with Gasteiger partial charge in [0.1, 0.15) is 0 Å². The summed E-state index contributed by atoms with van der Waals surface area (Å²) < 4.78 is 44.2. The number of aryl methyl sites for hydroxylation is 1. The monoisotopic (exact) mass is 430 g/mol. The van der Waals surface area contributed by atoms with Crippen molar-refractivity contribution in [2.45, 2.75) is 32.4 Å². The molecule has 1 unspecified atom stereocenters. The Morgan fingerprint density at radius 1 is 1.19 bits per heavy atom. The number of hydrogen-bond donors (Lipinski definition) is 2. The van der Waals surface area contributed by atoms with Gasteiger partial charge in [-0.1, -0.05) is 19.1 Å². The van der Waals surface area contributed by atoms with E-state index in [1.54, 1.807) is 18.2 Å². The number of carbonyl (C=O) groups excluding carboxylic acids is 2. The molecule has 0 saturated carbocycles. The Morgan fingerprint density at radius 3 is 2.74 bits per heavy atom. The smallest absolute Gasteiger partial charge is 0.418 e. The number of benzene rings is 2. The van der Waals surface area contributed by atoms with Crippen LogP contribution < -0.4 is 5.32 Å². The van der Waals surface area contributed by atoms with Gasteiger partial charge in [0.05, 0.1) is 16.8 Å². The fourth-order valence-corrected chi connectivity index (χ4v) is 3.96. The highest BCUT2D eigenvalue weighted by atomic mass is 19.4. The van der Waals surface area contributed by atoms with Gasteiger partial charge in [-0.25, -0.2) is 4.79 Å². The van der Waals surface area contributed by atoms with Gasteiger partial charge >= 0.3 is 12.1 Å². The average Bonchev–Trinajstić information content (AvgIpc) is 3.08.